The van der Waals surface area contributed by atoms with Crippen LogP contribution in [-0.4, -0.2) is 58.9 Å². The smallest absolute Gasteiger partial charge is 0.320 e. The van der Waals surface area contributed by atoms with E-state index >= 15 is 0 Å². The van der Waals surface area contributed by atoms with Gasteiger partial charge in [0, 0.05) is 45.2 Å². The maximum absolute atomic E-state index is 12.8. The summed E-state index contributed by atoms with van der Waals surface area (Å²) in [6, 6.07) is 8.80. The van der Waals surface area contributed by atoms with Crippen molar-refractivity contribution in [1.82, 2.24) is 14.7 Å². The summed E-state index contributed by atoms with van der Waals surface area (Å²) in [5.41, 5.74) is 2.42. The van der Waals surface area contributed by atoms with Gasteiger partial charge < -0.3 is 14.7 Å². The molecule has 0 aromatic heterocycles. The second kappa shape index (κ2) is 8.56. The van der Waals surface area contributed by atoms with Gasteiger partial charge in [-0.2, -0.15) is 0 Å². The Labute approximate surface area is 156 Å². The Hall–Kier alpha value is -2.04. The first-order valence-corrected chi connectivity index (χ1v) is 9.97. The quantitative estimate of drug-likeness (QED) is 0.783. The molecule has 2 aliphatic rings. The monoisotopic (exact) mass is 357 g/mol. The topological polar surface area (TPSA) is 43.9 Å². The summed E-state index contributed by atoms with van der Waals surface area (Å²) in [5, 5.41) is 0. The number of likely N-dealkylation sites (tertiary alicyclic amines) is 1. The highest BCUT2D eigenvalue weighted by molar-refractivity contribution is 5.77. The van der Waals surface area contributed by atoms with Gasteiger partial charge >= 0.3 is 6.03 Å². The predicted octanol–water partition coefficient (Wildman–Crippen LogP) is 3.41. The predicted molar refractivity (Wildman–Crippen MR) is 103 cm³/mol. The highest BCUT2D eigenvalue weighted by Crippen LogP contribution is 2.23. The molecule has 5 nitrogen and oxygen atoms in total. The zero-order valence-corrected chi connectivity index (χ0v) is 16.1. The molecule has 2 heterocycles. The maximum Gasteiger partial charge on any atom is 0.320 e. The van der Waals surface area contributed by atoms with Gasteiger partial charge in [-0.1, -0.05) is 43.2 Å². The molecule has 0 spiro atoms. The second-order valence-corrected chi connectivity index (χ2v) is 7.60. The van der Waals surface area contributed by atoms with Crippen LogP contribution in [0.5, 0.6) is 0 Å². The summed E-state index contributed by atoms with van der Waals surface area (Å²) >= 11 is 0. The molecule has 0 N–H and O–H groups in total. The average molecular weight is 357 g/mol. The number of unbranched alkanes of at least 4 members (excludes halogenated alkanes) is 1. The lowest BCUT2D eigenvalue weighted by Crippen LogP contribution is -2.48. The number of hydrogen-bond acceptors (Lipinski definition) is 2. The molecular formula is C21H31N3O2. The maximum atomic E-state index is 12.8. The summed E-state index contributed by atoms with van der Waals surface area (Å²) in [4.78, 5) is 31.0. The molecular weight excluding hydrogens is 326 g/mol. The Balaban J connectivity index is 1.50. The summed E-state index contributed by atoms with van der Waals surface area (Å²) in [6.45, 7) is 8.05. The lowest BCUT2D eigenvalue weighted by molar-refractivity contribution is -0.132. The fourth-order valence-corrected chi connectivity index (χ4v) is 4.03. The van der Waals surface area contributed by atoms with Crippen molar-refractivity contribution in [1.29, 1.82) is 0 Å². The van der Waals surface area contributed by atoms with Crippen molar-refractivity contribution < 1.29 is 9.59 Å². The van der Waals surface area contributed by atoms with E-state index in [9.17, 15) is 9.59 Å². The minimum atomic E-state index is 0.155. The minimum absolute atomic E-state index is 0.155. The Kier molecular flexibility index (Phi) is 6.17. The van der Waals surface area contributed by atoms with Gasteiger partial charge in [-0.3, -0.25) is 4.79 Å². The molecule has 2 fully saturated rings. The number of nitrogens with zero attached hydrogens (tertiary/aromatic N) is 3. The van der Waals surface area contributed by atoms with E-state index in [-0.39, 0.29) is 18.0 Å². The number of carbonyl (C=O) groups excluding carboxylic acids is 2. The molecule has 0 saturated carbocycles. The molecule has 0 atom stereocenters. The van der Waals surface area contributed by atoms with Gasteiger partial charge in [0.05, 0.1) is 0 Å². The van der Waals surface area contributed by atoms with Crippen LogP contribution >= 0.6 is 0 Å². The van der Waals surface area contributed by atoms with Crippen LogP contribution in [0.1, 0.15) is 50.2 Å². The van der Waals surface area contributed by atoms with Crippen LogP contribution in [0.15, 0.2) is 24.3 Å². The Morgan fingerprint density at radius 3 is 2.62 bits per heavy atom. The molecule has 0 unspecified atom stereocenters. The number of hydrogen-bond donors (Lipinski definition) is 0. The van der Waals surface area contributed by atoms with E-state index in [4.69, 9.17) is 0 Å². The molecule has 0 radical (unpaired) electrons. The summed E-state index contributed by atoms with van der Waals surface area (Å²) in [7, 11) is 0. The molecule has 1 aromatic carbocycles. The van der Waals surface area contributed by atoms with Gasteiger partial charge in [-0.15, -0.1) is 0 Å². The van der Waals surface area contributed by atoms with E-state index < -0.39 is 0 Å². The Morgan fingerprint density at radius 2 is 1.92 bits per heavy atom. The van der Waals surface area contributed by atoms with Crippen LogP contribution in [0, 0.1) is 6.92 Å². The van der Waals surface area contributed by atoms with E-state index in [1.807, 2.05) is 20.8 Å². The first-order valence-electron chi connectivity index (χ1n) is 9.97. The number of benzene rings is 1. The fraction of sp³-hybridized carbons (Fsp3) is 0.619. The van der Waals surface area contributed by atoms with Crippen molar-refractivity contribution in [2.24, 2.45) is 0 Å². The van der Waals surface area contributed by atoms with E-state index in [1.54, 1.807) is 0 Å². The average Bonchev–Trinajstić information content (AvgIpc) is 3.00. The van der Waals surface area contributed by atoms with Crippen LogP contribution in [0.4, 0.5) is 4.79 Å². The van der Waals surface area contributed by atoms with Crippen molar-refractivity contribution in [3.05, 3.63) is 35.4 Å². The third-order valence-electron chi connectivity index (χ3n) is 5.59. The highest BCUT2D eigenvalue weighted by atomic mass is 16.2. The van der Waals surface area contributed by atoms with Gasteiger partial charge in [-0.25, -0.2) is 4.79 Å². The molecule has 1 aromatic rings. The zero-order chi connectivity index (χ0) is 18.5. The molecule has 26 heavy (non-hydrogen) atoms. The zero-order valence-electron chi connectivity index (χ0n) is 16.1. The highest BCUT2D eigenvalue weighted by Gasteiger charge is 2.35. The van der Waals surface area contributed by atoms with Crippen molar-refractivity contribution in [3.8, 4) is 0 Å². The molecule has 0 bridgehead atoms. The van der Waals surface area contributed by atoms with Crippen molar-refractivity contribution >= 4 is 11.9 Å². The molecule has 5 heteroatoms. The van der Waals surface area contributed by atoms with E-state index in [2.05, 4.69) is 32.0 Å². The molecule has 3 rings (SSSR count). The van der Waals surface area contributed by atoms with Gasteiger partial charge in [-0.05, 0) is 31.7 Å². The molecule has 3 amide bonds. The molecule has 2 saturated heterocycles. The van der Waals surface area contributed by atoms with E-state index in [0.717, 1.165) is 51.9 Å². The number of carbonyl (C=O) groups is 2. The number of urea groups is 1. The third-order valence-corrected chi connectivity index (χ3v) is 5.59. The van der Waals surface area contributed by atoms with E-state index in [0.29, 0.717) is 13.0 Å². The SMILES string of the molecule is CCCCC(=O)N1CCC(N2CCN(Cc3cccc(C)c3)C2=O)CC1. The van der Waals surface area contributed by atoms with E-state index in [1.165, 1.54) is 11.1 Å². The number of aryl methyl sites for hydroxylation is 1. The summed E-state index contributed by atoms with van der Waals surface area (Å²) < 4.78 is 0. The standard InChI is InChI=1S/C21H31N3O2/c1-3-4-8-20(25)22-11-9-19(10-12-22)24-14-13-23(21(24)26)16-18-7-5-6-17(2)15-18/h5-7,15,19H,3-4,8-14,16H2,1-2H3. The normalized spacial score (nSPS) is 18.7. The molecule has 142 valence electrons. The van der Waals surface area contributed by atoms with Gasteiger partial charge in [0.1, 0.15) is 0 Å². The van der Waals surface area contributed by atoms with Gasteiger partial charge in [0.2, 0.25) is 5.91 Å². The van der Waals surface area contributed by atoms with Crippen molar-refractivity contribution in [2.75, 3.05) is 26.2 Å². The minimum Gasteiger partial charge on any atom is -0.343 e. The van der Waals surface area contributed by atoms with Crippen LogP contribution < -0.4 is 0 Å². The van der Waals surface area contributed by atoms with Crippen molar-refractivity contribution in [3.63, 3.8) is 0 Å². The van der Waals surface area contributed by atoms with Crippen LogP contribution in [-0.2, 0) is 11.3 Å². The molecule has 0 aliphatic carbocycles. The number of piperidine rings is 1. The van der Waals surface area contributed by atoms with Crippen LogP contribution in [0.25, 0.3) is 0 Å². The van der Waals surface area contributed by atoms with Gasteiger partial charge in [0.25, 0.3) is 0 Å². The third kappa shape index (κ3) is 4.37. The fourth-order valence-electron chi connectivity index (χ4n) is 4.03. The number of rotatable bonds is 6. The van der Waals surface area contributed by atoms with Crippen LogP contribution in [0.3, 0.4) is 0 Å². The first-order chi connectivity index (χ1) is 12.6. The lowest BCUT2D eigenvalue weighted by Gasteiger charge is -2.36. The Morgan fingerprint density at radius 1 is 1.15 bits per heavy atom. The lowest BCUT2D eigenvalue weighted by atomic mass is 10.0. The number of amides is 3. The van der Waals surface area contributed by atoms with Gasteiger partial charge in [0.15, 0.2) is 0 Å². The molecule has 2 aliphatic heterocycles. The Bertz CT molecular complexity index is 638. The second-order valence-electron chi connectivity index (χ2n) is 7.60. The summed E-state index contributed by atoms with van der Waals surface area (Å²) in [6.07, 6.45) is 4.50. The van der Waals surface area contributed by atoms with Crippen molar-refractivity contribution in [2.45, 2.75) is 58.5 Å². The summed E-state index contributed by atoms with van der Waals surface area (Å²) in [5.74, 6) is 0.277. The largest absolute Gasteiger partial charge is 0.343 e. The van der Waals surface area contributed by atoms with Crippen LogP contribution in [0.2, 0.25) is 0 Å². The first kappa shape index (κ1) is 18.7.